The largest absolute Gasteiger partial charge is 0.497 e. The zero-order valence-corrected chi connectivity index (χ0v) is 16.1. The van der Waals surface area contributed by atoms with Crippen molar-refractivity contribution in [1.82, 2.24) is 0 Å². The summed E-state index contributed by atoms with van der Waals surface area (Å²) in [6.07, 6.45) is 0.547. The van der Waals surface area contributed by atoms with Gasteiger partial charge in [0.2, 0.25) is 0 Å². The van der Waals surface area contributed by atoms with E-state index in [0.29, 0.717) is 0 Å². The third kappa shape index (κ3) is 3.88. The highest BCUT2D eigenvalue weighted by Crippen LogP contribution is 2.46. The lowest BCUT2D eigenvalue weighted by Crippen LogP contribution is -2.16. The Morgan fingerprint density at radius 3 is 1.54 bits per heavy atom. The van der Waals surface area contributed by atoms with Crippen LogP contribution in [0.2, 0.25) is 0 Å². The van der Waals surface area contributed by atoms with Gasteiger partial charge in [-0.1, -0.05) is 54.6 Å². The van der Waals surface area contributed by atoms with E-state index in [2.05, 4.69) is 24.3 Å². The van der Waals surface area contributed by atoms with E-state index in [0.717, 1.165) is 29.0 Å². The topological polar surface area (TPSA) is 36.9 Å². The van der Waals surface area contributed by atoms with E-state index in [1.165, 1.54) is 5.56 Å². The Morgan fingerprint density at radius 2 is 1.11 bits per heavy atom. The van der Waals surface area contributed by atoms with E-state index in [4.69, 9.17) is 19.2 Å². The molecule has 1 fully saturated rings. The van der Waals surface area contributed by atoms with Crippen molar-refractivity contribution >= 4 is 0 Å². The Kier molecular flexibility index (Phi) is 5.60. The molecule has 0 saturated carbocycles. The van der Waals surface area contributed by atoms with Crippen LogP contribution in [-0.4, -0.2) is 14.2 Å². The van der Waals surface area contributed by atoms with Crippen LogP contribution in [0.1, 0.15) is 28.9 Å². The molecule has 3 aromatic rings. The second-order valence-electron chi connectivity index (χ2n) is 6.93. The maximum atomic E-state index is 5.85. The number of benzene rings is 3. The van der Waals surface area contributed by atoms with Crippen molar-refractivity contribution < 1.29 is 19.2 Å². The van der Waals surface area contributed by atoms with E-state index in [1.54, 1.807) is 14.2 Å². The van der Waals surface area contributed by atoms with Crippen LogP contribution in [-0.2, 0) is 16.2 Å². The number of ether oxygens (including phenoxy) is 2. The van der Waals surface area contributed by atoms with Gasteiger partial charge in [0, 0.05) is 5.92 Å². The van der Waals surface area contributed by atoms with Crippen LogP contribution in [0.15, 0.2) is 78.9 Å². The van der Waals surface area contributed by atoms with Crippen molar-refractivity contribution in [2.24, 2.45) is 5.92 Å². The summed E-state index contributed by atoms with van der Waals surface area (Å²) in [6.45, 7) is 0. The first-order valence-corrected chi connectivity index (χ1v) is 9.42. The second kappa shape index (κ2) is 8.46. The van der Waals surface area contributed by atoms with Crippen LogP contribution in [0.4, 0.5) is 0 Å². The van der Waals surface area contributed by atoms with Crippen molar-refractivity contribution in [2.45, 2.75) is 18.6 Å². The van der Waals surface area contributed by atoms with Crippen molar-refractivity contribution in [3.05, 3.63) is 95.6 Å². The maximum absolute atomic E-state index is 5.85. The van der Waals surface area contributed by atoms with Crippen molar-refractivity contribution in [2.75, 3.05) is 14.2 Å². The smallest absolute Gasteiger partial charge is 0.124 e. The van der Waals surface area contributed by atoms with Gasteiger partial charge >= 0.3 is 0 Å². The standard InChI is InChI=1S/C24H24O4/c1-25-20-12-8-18(9-13-20)23-22(16-17-6-4-3-5-7-17)24(28-27-23)19-10-14-21(26-2)15-11-19/h3-15,22-24H,16H2,1-2H3/t22?,23-,24+. The zero-order valence-electron chi connectivity index (χ0n) is 16.1. The first-order chi connectivity index (χ1) is 13.8. The first kappa shape index (κ1) is 18.5. The molecule has 3 atom stereocenters. The Bertz CT molecular complexity index is 819. The summed E-state index contributed by atoms with van der Waals surface area (Å²) in [7, 11) is 3.34. The Balaban J connectivity index is 1.64. The molecule has 1 heterocycles. The predicted octanol–water partition coefficient (Wildman–Crippen LogP) is 5.31. The molecule has 1 unspecified atom stereocenters. The lowest BCUT2D eigenvalue weighted by Gasteiger charge is -2.21. The van der Waals surface area contributed by atoms with Crippen LogP contribution in [0.3, 0.4) is 0 Å². The monoisotopic (exact) mass is 376 g/mol. The van der Waals surface area contributed by atoms with Crippen LogP contribution in [0, 0.1) is 5.92 Å². The predicted molar refractivity (Wildman–Crippen MR) is 107 cm³/mol. The summed E-state index contributed by atoms with van der Waals surface area (Å²) < 4.78 is 10.6. The number of hydrogen-bond acceptors (Lipinski definition) is 4. The van der Waals surface area contributed by atoms with Gasteiger partial charge in [0.1, 0.15) is 23.7 Å². The van der Waals surface area contributed by atoms with E-state index in [1.807, 2.05) is 54.6 Å². The molecule has 0 radical (unpaired) electrons. The number of rotatable bonds is 6. The molecule has 144 valence electrons. The Hall–Kier alpha value is -2.82. The zero-order chi connectivity index (χ0) is 19.3. The fraction of sp³-hybridized carbons (Fsp3) is 0.250. The number of hydrogen-bond donors (Lipinski definition) is 0. The molecule has 3 aromatic carbocycles. The van der Waals surface area contributed by atoms with Crippen LogP contribution < -0.4 is 9.47 Å². The molecule has 4 rings (SSSR count). The fourth-order valence-corrected chi connectivity index (χ4v) is 3.71. The van der Waals surface area contributed by atoms with Gasteiger partial charge < -0.3 is 9.47 Å². The molecule has 0 aromatic heterocycles. The molecule has 1 aliphatic rings. The van der Waals surface area contributed by atoms with Gasteiger partial charge in [-0.25, -0.2) is 9.78 Å². The van der Waals surface area contributed by atoms with Crippen LogP contribution in [0.5, 0.6) is 11.5 Å². The van der Waals surface area contributed by atoms with Gasteiger partial charge in [-0.2, -0.15) is 0 Å². The lowest BCUT2D eigenvalue weighted by molar-refractivity contribution is -0.300. The van der Waals surface area contributed by atoms with Crippen molar-refractivity contribution in [3.8, 4) is 11.5 Å². The highest BCUT2D eigenvalue weighted by atomic mass is 17.2. The van der Waals surface area contributed by atoms with Gasteiger partial charge in [0.15, 0.2) is 0 Å². The molecule has 28 heavy (non-hydrogen) atoms. The van der Waals surface area contributed by atoms with Crippen molar-refractivity contribution in [3.63, 3.8) is 0 Å². The molecule has 0 amide bonds. The summed E-state index contributed by atoms with van der Waals surface area (Å²) >= 11 is 0. The van der Waals surface area contributed by atoms with E-state index < -0.39 is 0 Å². The van der Waals surface area contributed by atoms with Gasteiger partial charge in [-0.05, 0) is 47.4 Å². The Labute approximate surface area is 165 Å². The lowest BCUT2D eigenvalue weighted by atomic mass is 9.83. The fourth-order valence-electron chi connectivity index (χ4n) is 3.71. The second-order valence-corrected chi connectivity index (χ2v) is 6.93. The van der Waals surface area contributed by atoms with Gasteiger partial charge in [-0.15, -0.1) is 0 Å². The molecule has 0 N–H and O–H groups in total. The van der Waals surface area contributed by atoms with E-state index in [9.17, 15) is 0 Å². The SMILES string of the molecule is COc1ccc([C@H]2OO[C@@H](c3ccc(OC)cc3)C2Cc2ccccc2)cc1. The summed E-state index contributed by atoms with van der Waals surface area (Å²) in [5.74, 6) is 1.80. The van der Waals surface area contributed by atoms with Crippen LogP contribution in [0.25, 0.3) is 0 Å². The minimum absolute atomic E-state index is 0.143. The molecule has 0 bridgehead atoms. The number of methoxy groups -OCH3 is 2. The molecule has 0 aliphatic carbocycles. The third-order valence-electron chi connectivity index (χ3n) is 5.24. The normalized spacial score (nSPS) is 21.4. The van der Waals surface area contributed by atoms with Gasteiger partial charge in [-0.3, -0.25) is 0 Å². The third-order valence-corrected chi connectivity index (χ3v) is 5.24. The maximum Gasteiger partial charge on any atom is 0.124 e. The highest BCUT2D eigenvalue weighted by molar-refractivity contribution is 5.33. The summed E-state index contributed by atoms with van der Waals surface area (Å²) in [5, 5.41) is 0. The minimum atomic E-state index is -0.154. The van der Waals surface area contributed by atoms with E-state index in [-0.39, 0.29) is 18.1 Å². The van der Waals surface area contributed by atoms with Crippen LogP contribution >= 0.6 is 0 Å². The summed E-state index contributed by atoms with van der Waals surface area (Å²) in [6, 6.07) is 26.5. The molecule has 1 aliphatic heterocycles. The molecular weight excluding hydrogens is 352 g/mol. The molecule has 1 saturated heterocycles. The average molecular weight is 376 g/mol. The van der Waals surface area contributed by atoms with Gasteiger partial charge in [0.05, 0.1) is 14.2 Å². The minimum Gasteiger partial charge on any atom is -0.497 e. The average Bonchev–Trinajstić information content (AvgIpc) is 3.18. The van der Waals surface area contributed by atoms with Crippen molar-refractivity contribution in [1.29, 1.82) is 0 Å². The Morgan fingerprint density at radius 1 is 0.643 bits per heavy atom. The molecule has 4 nitrogen and oxygen atoms in total. The molecular formula is C24H24O4. The molecule has 4 heteroatoms. The summed E-state index contributed by atoms with van der Waals surface area (Å²) in [5.41, 5.74) is 3.43. The summed E-state index contributed by atoms with van der Waals surface area (Å²) in [4.78, 5) is 11.7. The first-order valence-electron chi connectivity index (χ1n) is 9.42. The van der Waals surface area contributed by atoms with Gasteiger partial charge in [0.25, 0.3) is 0 Å². The quantitative estimate of drug-likeness (QED) is 0.547. The van der Waals surface area contributed by atoms with E-state index >= 15 is 0 Å². The molecule has 0 spiro atoms. The highest BCUT2D eigenvalue weighted by Gasteiger charge is 2.41.